The van der Waals surface area contributed by atoms with E-state index in [-0.39, 0.29) is 54.3 Å². The maximum absolute atomic E-state index is 9.35. The van der Waals surface area contributed by atoms with Crippen LogP contribution in [0.5, 0.6) is 11.8 Å². The highest BCUT2D eigenvalue weighted by Crippen LogP contribution is 2.36. The van der Waals surface area contributed by atoms with E-state index in [1.807, 2.05) is 18.2 Å². The van der Waals surface area contributed by atoms with Gasteiger partial charge in [-0.2, -0.15) is 4.98 Å². The number of aliphatic hydroxyl groups is 1. The Morgan fingerprint density at radius 2 is 1.71 bits per heavy atom. The van der Waals surface area contributed by atoms with Crippen molar-refractivity contribution in [3.05, 3.63) is 85.7 Å². The normalized spacial score (nSPS) is 18.8. The van der Waals surface area contributed by atoms with Gasteiger partial charge in [0.05, 0.1) is 19.8 Å². The van der Waals surface area contributed by atoms with E-state index in [0.717, 1.165) is 33.4 Å². The molecule has 0 aliphatic carbocycles. The molecule has 1 aromatic heterocycles. The average molecular weight is 603 g/mol. The quantitative estimate of drug-likeness (QED) is 0.101. The number of azide groups is 1. The van der Waals surface area contributed by atoms with E-state index < -0.39 is 6.04 Å². The van der Waals surface area contributed by atoms with E-state index in [4.69, 9.17) is 47.7 Å². The number of hydrogen-bond acceptors (Lipinski definition) is 8. The van der Waals surface area contributed by atoms with Crippen LogP contribution in [0.25, 0.3) is 21.6 Å². The van der Waals surface area contributed by atoms with Crippen molar-refractivity contribution in [2.75, 3.05) is 20.8 Å². The molecule has 0 amide bonds. The maximum atomic E-state index is 9.35. The van der Waals surface area contributed by atoms with Crippen LogP contribution < -0.4 is 14.8 Å². The second kappa shape index (κ2) is 14.2. The van der Waals surface area contributed by atoms with Crippen LogP contribution in [0.15, 0.2) is 47.6 Å². The summed E-state index contributed by atoms with van der Waals surface area (Å²) in [6.45, 7) is 4.60. The largest absolute Gasteiger partial charge is 0.481 e. The van der Waals surface area contributed by atoms with Gasteiger partial charge in [0.25, 0.3) is 0 Å². The highest BCUT2D eigenvalue weighted by Gasteiger charge is 2.40. The lowest BCUT2D eigenvalue weighted by Gasteiger charge is -2.40. The smallest absolute Gasteiger partial charge is 0.236 e. The van der Waals surface area contributed by atoms with Crippen molar-refractivity contribution in [2.45, 2.75) is 57.4 Å². The summed E-state index contributed by atoms with van der Waals surface area (Å²) in [6, 6.07) is 13.1. The van der Waals surface area contributed by atoms with E-state index in [0.29, 0.717) is 12.2 Å². The fourth-order valence-corrected chi connectivity index (χ4v) is 5.28. The van der Waals surface area contributed by atoms with Crippen molar-refractivity contribution in [3.8, 4) is 22.9 Å². The fraction of sp³-hybridized carbons (Fsp3) is 0.414. The lowest BCUT2D eigenvalue weighted by Crippen LogP contribution is -2.64. The van der Waals surface area contributed by atoms with Crippen molar-refractivity contribution in [1.82, 2.24) is 10.3 Å². The second-order valence-corrected chi connectivity index (χ2v) is 10.5. The molecule has 0 spiro atoms. The number of benzene rings is 2. The lowest BCUT2D eigenvalue weighted by molar-refractivity contribution is -0.119. The zero-order valence-corrected chi connectivity index (χ0v) is 24.8. The van der Waals surface area contributed by atoms with Crippen LogP contribution in [0, 0.1) is 13.8 Å². The molecule has 1 fully saturated rings. The summed E-state index contributed by atoms with van der Waals surface area (Å²) in [5, 5.41) is 16.2. The topological polar surface area (TPSA) is 131 Å². The molecule has 1 aliphatic rings. The van der Waals surface area contributed by atoms with E-state index in [9.17, 15) is 5.11 Å². The highest BCUT2D eigenvalue weighted by atomic mass is 35.5. The predicted molar refractivity (Wildman–Crippen MR) is 157 cm³/mol. The molecule has 3 unspecified atom stereocenters. The van der Waals surface area contributed by atoms with Crippen molar-refractivity contribution in [3.63, 3.8) is 0 Å². The standard InChI is InChI=1S/C29H33Cl2N5O5/c1-16-18(14-40-27-23(30)13-22(26(33-27)38-3)24(11-12-37)35-36-32)7-5-9-20(16)21-10-6-8-19(17(21)2)15-41-29-25(31)28(34-29)39-4/h5-10,13,24-25,28-29,34,37H,11-12,14-15H2,1-4H3/t24?,25-,28?,29?/m0/s1. The third-order valence-electron chi connectivity index (χ3n) is 7.21. The van der Waals surface area contributed by atoms with Crippen molar-refractivity contribution < 1.29 is 24.1 Å². The van der Waals surface area contributed by atoms with Crippen molar-refractivity contribution in [1.29, 1.82) is 0 Å². The van der Waals surface area contributed by atoms with Gasteiger partial charge in [0.2, 0.25) is 11.8 Å². The molecule has 2 aromatic carbocycles. The molecule has 12 heteroatoms. The van der Waals surface area contributed by atoms with Gasteiger partial charge < -0.3 is 24.1 Å². The zero-order chi connectivity index (χ0) is 29.5. The second-order valence-electron chi connectivity index (χ2n) is 9.57. The number of nitrogens with zero attached hydrogens (tertiary/aromatic N) is 4. The number of rotatable bonds is 13. The van der Waals surface area contributed by atoms with Crippen LogP contribution in [0.1, 0.15) is 40.3 Å². The monoisotopic (exact) mass is 601 g/mol. The number of methoxy groups -OCH3 is 2. The summed E-state index contributed by atoms with van der Waals surface area (Å²) >= 11 is 12.8. The number of aliphatic hydroxyl groups excluding tert-OH is 1. The van der Waals surface area contributed by atoms with Crippen LogP contribution in [0.2, 0.25) is 5.02 Å². The van der Waals surface area contributed by atoms with E-state index in [1.165, 1.54) is 7.11 Å². The number of pyridine rings is 1. The first kappa shape index (κ1) is 30.9. The number of aromatic nitrogens is 1. The molecular weight excluding hydrogens is 569 g/mol. The average Bonchev–Trinajstić information content (AvgIpc) is 2.97. The summed E-state index contributed by atoms with van der Waals surface area (Å²) in [6.07, 6.45) is -0.262. The molecule has 3 aromatic rings. The number of alkyl halides is 1. The Kier molecular flexibility index (Phi) is 10.7. The maximum Gasteiger partial charge on any atom is 0.236 e. The Bertz CT molecular complexity index is 1420. The van der Waals surface area contributed by atoms with Gasteiger partial charge in [0.15, 0.2) is 0 Å². The first-order valence-electron chi connectivity index (χ1n) is 13.1. The van der Waals surface area contributed by atoms with Crippen molar-refractivity contribution in [2.24, 2.45) is 5.11 Å². The first-order valence-corrected chi connectivity index (χ1v) is 13.9. The Labute approximate surface area is 249 Å². The molecule has 2 heterocycles. The number of halogens is 2. The molecule has 0 bridgehead atoms. The van der Waals surface area contributed by atoms with Crippen LogP contribution in [-0.2, 0) is 22.7 Å². The van der Waals surface area contributed by atoms with E-state index in [2.05, 4.69) is 52.4 Å². The molecule has 4 rings (SSSR count). The number of nitrogens with one attached hydrogen (secondary N) is 1. The minimum Gasteiger partial charge on any atom is -0.481 e. The summed E-state index contributed by atoms with van der Waals surface area (Å²) < 4.78 is 22.7. The van der Waals surface area contributed by atoms with Gasteiger partial charge in [0, 0.05) is 24.2 Å². The lowest BCUT2D eigenvalue weighted by atomic mass is 9.92. The fourth-order valence-electron chi connectivity index (χ4n) is 4.75. The summed E-state index contributed by atoms with van der Waals surface area (Å²) in [5.74, 6) is 0.403. The minimum atomic E-state index is -0.675. The molecule has 0 radical (unpaired) electrons. The van der Waals surface area contributed by atoms with Gasteiger partial charge in [-0.3, -0.25) is 5.32 Å². The zero-order valence-electron chi connectivity index (χ0n) is 23.3. The molecule has 2 N–H and O–H groups in total. The number of ether oxygens (including phenoxy) is 4. The van der Waals surface area contributed by atoms with Crippen molar-refractivity contribution >= 4 is 23.2 Å². The SMILES string of the molecule is COc1nc(OCc2cccc(-c3cccc(COC4NC(OC)[C@@H]4Cl)c3C)c2C)c(Cl)cc1C(CCO)N=[N+]=[N-]. The van der Waals surface area contributed by atoms with Gasteiger partial charge >= 0.3 is 0 Å². The Morgan fingerprint density at radius 3 is 2.27 bits per heavy atom. The van der Waals surface area contributed by atoms with Gasteiger partial charge in [-0.1, -0.05) is 53.1 Å². The van der Waals surface area contributed by atoms with Gasteiger partial charge in [-0.05, 0) is 65.2 Å². The Hall–Kier alpha value is -3.08. The molecule has 218 valence electrons. The molecule has 0 saturated carbocycles. The van der Waals surface area contributed by atoms with E-state index in [1.54, 1.807) is 13.2 Å². The van der Waals surface area contributed by atoms with Crippen LogP contribution in [0.3, 0.4) is 0 Å². The number of hydrogen-bond donors (Lipinski definition) is 2. The van der Waals surface area contributed by atoms with Gasteiger partial charge in [-0.15, -0.1) is 11.6 Å². The van der Waals surface area contributed by atoms with E-state index >= 15 is 0 Å². The molecule has 1 saturated heterocycles. The third kappa shape index (κ3) is 6.88. The predicted octanol–water partition coefficient (Wildman–Crippen LogP) is 6.37. The summed E-state index contributed by atoms with van der Waals surface area (Å²) in [5.41, 5.74) is 15.8. The molecule has 41 heavy (non-hydrogen) atoms. The van der Waals surface area contributed by atoms with Crippen LogP contribution in [-0.4, -0.2) is 48.7 Å². The molecule has 4 atom stereocenters. The van der Waals surface area contributed by atoms with Gasteiger partial charge in [0.1, 0.15) is 29.5 Å². The molecule has 10 nitrogen and oxygen atoms in total. The molecular formula is C29H33Cl2N5O5. The van der Waals surface area contributed by atoms with Crippen LogP contribution >= 0.6 is 23.2 Å². The Morgan fingerprint density at radius 1 is 1.05 bits per heavy atom. The third-order valence-corrected chi connectivity index (χ3v) is 7.94. The summed E-state index contributed by atoms with van der Waals surface area (Å²) in [7, 11) is 3.07. The first-order chi connectivity index (χ1) is 19.8. The molecule has 1 aliphatic heterocycles. The van der Waals surface area contributed by atoms with Gasteiger partial charge in [-0.25, -0.2) is 0 Å². The Balaban J connectivity index is 1.52. The highest BCUT2D eigenvalue weighted by molar-refractivity contribution is 6.31. The summed E-state index contributed by atoms with van der Waals surface area (Å²) in [4.78, 5) is 7.27. The van der Waals surface area contributed by atoms with Crippen LogP contribution in [0.4, 0.5) is 0 Å². The minimum absolute atomic E-state index is 0.172.